The van der Waals surface area contributed by atoms with Crippen molar-refractivity contribution in [1.82, 2.24) is 19.7 Å². The van der Waals surface area contributed by atoms with E-state index in [-0.39, 0.29) is 35.8 Å². The monoisotopic (exact) mass is 538 g/mol. The maximum atomic E-state index is 12.7. The number of hydrogen-bond acceptors (Lipinski definition) is 9. The number of carbonyl (C=O) groups is 1. The molecular formula is C14H12ClIN6O5S. The van der Waals surface area contributed by atoms with Gasteiger partial charge in [-0.25, -0.2) is 19.5 Å². The highest BCUT2D eigenvalue weighted by molar-refractivity contribution is 14.1. The number of aromatic nitrogens is 3. The van der Waals surface area contributed by atoms with Crippen LogP contribution in [0, 0.1) is 6.92 Å². The Balaban J connectivity index is 1.88. The van der Waals surface area contributed by atoms with Gasteiger partial charge in [0.1, 0.15) is 11.8 Å². The largest absolute Gasteiger partial charge is 0.471 e. The zero-order chi connectivity index (χ0) is 20.3. The maximum absolute atomic E-state index is 12.7. The van der Waals surface area contributed by atoms with Crippen LogP contribution in [-0.2, 0) is 19.6 Å². The van der Waals surface area contributed by atoms with Gasteiger partial charge in [-0.15, -0.1) is 0 Å². The van der Waals surface area contributed by atoms with Crippen molar-refractivity contribution in [1.29, 1.82) is 0 Å². The summed E-state index contributed by atoms with van der Waals surface area (Å²) in [7, 11) is -4.37. The second-order valence-corrected chi connectivity index (χ2v) is 8.21. The molecule has 3 heterocycles. The molecule has 1 N–H and O–H groups in total. The van der Waals surface area contributed by atoms with Crippen LogP contribution in [0.25, 0.3) is 0 Å². The molecule has 0 bridgehead atoms. The number of anilines is 1. The van der Waals surface area contributed by atoms with Crippen molar-refractivity contribution in [3.63, 3.8) is 0 Å². The summed E-state index contributed by atoms with van der Waals surface area (Å²) >= 11 is 7.42. The van der Waals surface area contributed by atoms with Crippen LogP contribution in [0.15, 0.2) is 34.6 Å². The molecule has 2 amide bonds. The van der Waals surface area contributed by atoms with E-state index < -0.39 is 21.1 Å². The normalized spacial score (nSPS) is 13.8. The summed E-state index contributed by atoms with van der Waals surface area (Å²) in [4.78, 5) is 29.1. The number of oxime groups is 1. The lowest BCUT2D eigenvalue weighted by Gasteiger charge is -2.17. The number of urea groups is 1. The first kappa shape index (κ1) is 20.5. The molecule has 0 aromatic carbocycles. The van der Waals surface area contributed by atoms with E-state index >= 15 is 0 Å². The fourth-order valence-corrected chi connectivity index (χ4v) is 3.89. The minimum absolute atomic E-state index is 0.0488. The molecule has 0 saturated heterocycles. The summed E-state index contributed by atoms with van der Waals surface area (Å²) in [5.41, 5.74) is 0.559. The smallest absolute Gasteiger partial charge is 0.347 e. The Hall–Kier alpha value is -2.26. The van der Waals surface area contributed by atoms with Crippen LogP contribution in [-0.4, -0.2) is 48.5 Å². The first-order chi connectivity index (χ1) is 13.3. The van der Waals surface area contributed by atoms with Gasteiger partial charge >= 0.3 is 6.03 Å². The Labute approximate surface area is 178 Å². The highest BCUT2D eigenvalue weighted by Gasteiger charge is 2.29. The fourth-order valence-electron chi connectivity index (χ4n) is 2.10. The Bertz CT molecular complexity index is 1030. The first-order valence-corrected chi connectivity index (χ1v) is 10.4. The number of aryl methyl sites for hydroxylation is 1. The minimum Gasteiger partial charge on any atom is -0.471 e. The third-order valence-electron chi connectivity index (χ3n) is 3.20. The van der Waals surface area contributed by atoms with E-state index in [1.54, 1.807) is 29.8 Å². The zero-order valence-electron chi connectivity index (χ0n) is 14.2. The number of nitrogens with one attached hydrogen (secondary N) is 1. The molecule has 0 aliphatic carbocycles. The predicted octanol–water partition coefficient (Wildman–Crippen LogP) is 1.80. The second kappa shape index (κ2) is 8.40. The van der Waals surface area contributed by atoms with Gasteiger partial charge in [-0.2, -0.15) is 16.5 Å². The van der Waals surface area contributed by atoms with Gasteiger partial charge in [0.2, 0.25) is 5.95 Å². The molecule has 14 heteroatoms. The van der Waals surface area contributed by atoms with Crippen LogP contribution in [0.1, 0.15) is 11.3 Å². The third kappa shape index (κ3) is 4.59. The second-order valence-electron chi connectivity index (χ2n) is 5.26. The molecular weight excluding hydrogens is 527 g/mol. The van der Waals surface area contributed by atoms with E-state index in [1.807, 2.05) is 4.72 Å². The molecule has 148 valence electrons. The molecule has 0 saturated carbocycles. The molecule has 3 rings (SSSR count). The van der Waals surface area contributed by atoms with Gasteiger partial charge < -0.3 is 9.57 Å². The van der Waals surface area contributed by atoms with E-state index in [1.165, 1.54) is 24.4 Å². The standard InChI is InChI=1S/C14H12ClIN6O5S/c1-8-7-10(15)19-13(18-8)22(16)14(23)21-28(24,25)12-9(3-2-4-17-12)11-20-27-6-5-26-11/h2-4,7H,5-6H2,1H3,(H,21,23). The lowest BCUT2D eigenvalue weighted by atomic mass is 10.3. The van der Waals surface area contributed by atoms with Gasteiger partial charge in [0.15, 0.2) is 11.6 Å². The average molecular weight is 539 g/mol. The summed E-state index contributed by atoms with van der Waals surface area (Å²) in [5, 5.41) is 3.35. The van der Waals surface area contributed by atoms with Gasteiger partial charge in [-0.1, -0.05) is 11.6 Å². The first-order valence-electron chi connectivity index (χ1n) is 7.60. The van der Waals surface area contributed by atoms with E-state index in [9.17, 15) is 13.2 Å². The van der Waals surface area contributed by atoms with E-state index in [0.29, 0.717) is 5.69 Å². The van der Waals surface area contributed by atoms with E-state index in [4.69, 9.17) is 21.2 Å². The SMILES string of the molecule is Cc1cc(Cl)nc(N(I)C(=O)NS(=O)(=O)c2ncccc2C2=NOCCO2)n1. The van der Waals surface area contributed by atoms with Crippen molar-refractivity contribution in [3.05, 3.63) is 40.8 Å². The average Bonchev–Trinajstić information content (AvgIpc) is 2.67. The highest BCUT2D eigenvalue weighted by atomic mass is 127. The third-order valence-corrected chi connectivity index (χ3v) is 5.54. The highest BCUT2D eigenvalue weighted by Crippen LogP contribution is 2.19. The molecule has 28 heavy (non-hydrogen) atoms. The number of pyridine rings is 1. The molecule has 0 unspecified atom stereocenters. The van der Waals surface area contributed by atoms with Gasteiger partial charge in [-0.3, -0.25) is 0 Å². The lowest BCUT2D eigenvalue weighted by Crippen LogP contribution is -2.39. The Morgan fingerprint density at radius 1 is 1.36 bits per heavy atom. The van der Waals surface area contributed by atoms with E-state index in [0.717, 1.165) is 3.11 Å². The van der Waals surface area contributed by atoms with E-state index in [2.05, 4.69) is 20.1 Å². The molecule has 0 radical (unpaired) electrons. The van der Waals surface area contributed by atoms with Gasteiger partial charge in [0.25, 0.3) is 15.9 Å². The van der Waals surface area contributed by atoms with Crippen LogP contribution >= 0.6 is 34.5 Å². The summed E-state index contributed by atoms with van der Waals surface area (Å²) in [6.45, 7) is 2.10. The minimum atomic E-state index is -4.37. The fraction of sp³-hybridized carbons (Fsp3) is 0.214. The summed E-state index contributed by atoms with van der Waals surface area (Å²) in [6, 6.07) is 3.42. The number of ether oxygens (including phenoxy) is 1. The zero-order valence-corrected chi connectivity index (χ0v) is 17.9. The molecule has 1 aliphatic rings. The molecule has 11 nitrogen and oxygen atoms in total. The Kier molecular flexibility index (Phi) is 6.14. The molecule has 2 aromatic rings. The van der Waals surface area contributed by atoms with Crippen molar-refractivity contribution in [2.24, 2.45) is 5.16 Å². The number of sulfonamides is 1. The number of amides is 2. The predicted molar refractivity (Wildman–Crippen MR) is 107 cm³/mol. The Morgan fingerprint density at radius 2 is 2.14 bits per heavy atom. The van der Waals surface area contributed by atoms with Crippen LogP contribution in [0.3, 0.4) is 0 Å². The Morgan fingerprint density at radius 3 is 2.82 bits per heavy atom. The van der Waals surface area contributed by atoms with Crippen molar-refractivity contribution >= 4 is 62.4 Å². The summed E-state index contributed by atoms with van der Waals surface area (Å²) in [5.74, 6) is -0.125. The molecule has 1 aliphatic heterocycles. The number of nitrogens with zero attached hydrogens (tertiary/aromatic N) is 5. The van der Waals surface area contributed by atoms with Crippen LogP contribution in [0.2, 0.25) is 5.15 Å². The topological polar surface area (TPSA) is 136 Å². The maximum Gasteiger partial charge on any atom is 0.347 e. The lowest BCUT2D eigenvalue weighted by molar-refractivity contribution is 0.0653. The van der Waals surface area contributed by atoms with Crippen LogP contribution in [0.5, 0.6) is 0 Å². The molecule has 0 fully saturated rings. The van der Waals surface area contributed by atoms with Crippen LogP contribution in [0.4, 0.5) is 10.7 Å². The quantitative estimate of drug-likeness (QED) is 0.354. The van der Waals surface area contributed by atoms with Crippen molar-refractivity contribution in [2.75, 3.05) is 16.3 Å². The van der Waals surface area contributed by atoms with Crippen molar-refractivity contribution < 1.29 is 22.8 Å². The number of rotatable bonds is 4. The van der Waals surface area contributed by atoms with Crippen molar-refractivity contribution in [2.45, 2.75) is 11.9 Å². The summed E-state index contributed by atoms with van der Waals surface area (Å²) < 4.78 is 33.6. The molecule has 0 atom stereocenters. The number of hydrogen-bond donors (Lipinski definition) is 1. The van der Waals surface area contributed by atoms with Crippen LogP contribution < -0.4 is 7.84 Å². The van der Waals surface area contributed by atoms with Crippen molar-refractivity contribution in [3.8, 4) is 0 Å². The number of halogens is 2. The summed E-state index contributed by atoms with van der Waals surface area (Å²) in [6.07, 6.45) is 1.26. The molecule has 0 spiro atoms. The molecule has 2 aromatic heterocycles. The van der Waals surface area contributed by atoms with Gasteiger partial charge in [0.05, 0.1) is 28.4 Å². The van der Waals surface area contributed by atoms with Gasteiger partial charge in [0, 0.05) is 11.9 Å². The van der Waals surface area contributed by atoms with Gasteiger partial charge in [-0.05, 0) is 30.3 Å². The number of carbonyl (C=O) groups excluding carboxylic acids is 1.